The summed E-state index contributed by atoms with van der Waals surface area (Å²) >= 11 is 1.59. The Bertz CT molecular complexity index is 1120. The maximum atomic E-state index is 13.6. The minimum Gasteiger partial charge on any atom is -0.330 e. The molecule has 2 aromatic rings. The van der Waals surface area contributed by atoms with E-state index in [2.05, 4.69) is 0 Å². The Hall–Kier alpha value is -1.98. The Kier molecular flexibility index (Phi) is 8.17. The molecule has 3 atom stereocenters. The highest BCUT2D eigenvalue weighted by Gasteiger charge is 2.55. The maximum absolute atomic E-state index is 13.6. The molecular formula is C23H33N4O4S2+. The molecule has 0 aliphatic carbocycles. The van der Waals surface area contributed by atoms with E-state index in [1.54, 1.807) is 30.0 Å². The van der Waals surface area contributed by atoms with Crippen LogP contribution in [-0.4, -0.2) is 72.9 Å². The minimum absolute atomic E-state index is 0.110. The minimum atomic E-state index is -3.98. The van der Waals surface area contributed by atoms with Crippen LogP contribution in [0.2, 0.25) is 0 Å². The average Bonchev–Trinajstić information content (AvgIpc) is 3.15. The van der Waals surface area contributed by atoms with Crippen LogP contribution < -0.4 is 11.5 Å². The molecule has 0 saturated carbocycles. The summed E-state index contributed by atoms with van der Waals surface area (Å²) < 4.78 is 27.9. The molecule has 1 fully saturated rings. The predicted molar refractivity (Wildman–Crippen MR) is 132 cm³/mol. The van der Waals surface area contributed by atoms with Crippen molar-refractivity contribution >= 4 is 44.5 Å². The summed E-state index contributed by atoms with van der Waals surface area (Å²) in [7, 11) is -3.98. The van der Waals surface area contributed by atoms with Crippen molar-refractivity contribution < 1.29 is 22.5 Å². The summed E-state index contributed by atoms with van der Waals surface area (Å²) in [5.74, 6) is -0.483. The van der Waals surface area contributed by atoms with Crippen LogP contribution in [-0.2, 0) is 14.8 Å². The smallest absolute Gasteiger partial charge is 0.330 e. The van der Waals surface area contributed by atoms with Crippen molar-refractivity contribution in [2.75, 3.05) is 32.4 Å². The number of unbranched alkanes of at least 4 members (excludes halogenated alkanes) is 1. The van der Waals surface area contributed by atoms with E-state index in [4.69, 9.17) is 11.5 Å². The number of hydrogen-bond acceptors (Lipinski definition) is 6. The standard InChI is InChI=1S/C23H32N4O4S2/c1-17-13-20(32-2)16-27(17,23(25)29)22(28)15-26(12-6-5-11-24)33(30,31)21-10-9-18-7-3-4-8-19(18)14-21/h3-4,7-10,14,17,20H,5-6,11-13,15-16,24H2,1-2H3,(H-,25,29)/p+1/t17-,20+,27-/m1/s1. The van der Waals surface area contributed by atoms with Crippen LogP contribution in [0.5, 0.6) is 0 Å². The monoisotopic (exact) mass is 493 g/mol. The SMILES string of the molecule is CS[C@H]1C[C@@H](C)[N@@+](C(N)=O)(C(=O)CN(CCCCN)S(=O)(=O)c2ccc3ccccc3c2)C1. The molecule has 4 N–H and O–H groups in total. The first-order valence-corrected chi connectivity index (χ1v) is 13.8. The molecule has 1 saturated heterocycles. The summed E-state index contributed by atoms with van der Waals surface area (Å²) in [6.45, 7) is 2.26. The zero-order valence-electron chi connectivity index (χ0n) is 19.1. The second-order valence-electron chi connectivity index (χ2n) is 8.57. The van der Waals surface area contributed by atoms with Gasteiger partial charge in [0.1, 0.15) is 19.1 Å². The molecule has 0 aromatic heterocycles. The van der Waals surface area contributed by atoms with Gasteiger partial charge >= 0.3 is 11.9 Å². The van der Waals surface area contributed by atoms with Crippen LogP contribution >= 0.6 is 11.8 Å². The first kappa shape index (κ1) is 25.6. The Morgan fingerprint density at radius 2 is 1.85 bits per heavy atom. The lowest BCUT2D eigenvalue weighted by Gasteiger charge is -2.33. The number of sulfonamides is 1. The number of nitrogens with zero attached hydrogens (tertiary/aromatic N) is 2. The number of urea groups is 1. The number of likely N-dealkylation sites (tertiary alicyclic amines) is 1. The molecule has 1 heterocycles. The molecule has 3 amide bonds. The van der Waals surface area contributed by atoms with Crippen LogP contribution in [0.3, 0.4) is 0 Å². The molecule has 1 aliphatic rings. The molecule has 0 unspecified atom stereocenters. The Morgan fingerprint density at radius 3 is 2.45 bits per heavy atom. The molecule has 2 aromatic carbocycles. The van der Waals surface area contributed by atoms with Gasteiger partial charge in [0.05, 0.1) is 10.1 Å². The van der Waals surface area contributed by atoms with Crippen LogP contribution in [0, 0.1) is 0 Å². The van der Waals surface area contributed by atoms with E-state index in [1.807, 2.05) is 37.4 Å². The van der Waals surface area contributed by atoms with Gasteiger partial charge in [-0.1, -0.05) is 30.3 Å². The van der Waals surface area contributed by atoms with Crippen molar-refractivity contribution in [1.82, 2.24) is 4.31 Å². The normalized spacial score (nSPS) is 23.3. The number of primary amides is 1. The molecule has 33 heavy (non-hydrogen) atoms. The van der Waals surface area contributed by atoms with Crippen molar-refractivity contribution in [3.8, 4) is 0 Å². The predicted octanol–water partition coefficient (Wildman–Crippen LogP) is 2.52. The summed E-state index contributed by atoms with van der Waals surface area (Å²) in [5, 5.41) is 1.83. The number of hydrogen-bond donors (Lipinski definition) is 2. The number of thioether (sulfide) groups is 1. The highest BCUT2D eigenvalue weighted by Crippen LogP contribution is 2.34. The van der Waals surface area contributed by atoms with Crippen molar-refractivity contribution in [1.29, 1.82) is 0 Å². The second kappa shape index (κ2) is 10.5. The Balaban J connectivity index is 1.95. The molecule has 180 valence electrons. The summed E-state index contributed by atoms with van der Waals surface area (Å²) in [5.41, 5.74) is 11.3. The third kappa shape index (κ3) is 5.09. The fourth-order valence-corrected chi connectivity index (χ4v) is 6.87. The van der Waals surface area contributed by atoms with Crippen LogP contribution in [0.15, 0.2) is 47.4 Å². The number of carbonyl (C=O) groups excluding carboxylic acids is 2. The first-order chi connectivity index (χ1) is 15.7. The molecule has 1 aliphatic heterocycles. The van der Waals surface area contributed by atoms with Gasteiger partial charge in [0.25, 0.3) is 0 Å². The molecular weight excluding hydrogens is 460 g/mol. The third-order valence-corrected chi connectivity index (χ3v) is 9.40. The number of rotatable bonds is 9. The molecule has 3 rings (SSSR count). The molecule has 0 bridgehead atoms. The molecule has 0 radical (unpaired) electrons. The number of fused-ring (bicyclic) bond motifs is 1. The number of imide groups is 1. The van der Waals surface area contributed by atoms with E-state index >= 15 is 0 Å². The summed E-state index contributed by atoms with van der Waals surface area (Å²) in [6.07, 6.45) is 3.74. The van der Waals surface area contributed by atoms with Gasteiger partial charge in [0.15, 0.2) is 0 Å². The third-order valence-electron chi connectivity index (χ3n) is 6.55. The average molecular weight is 494 g/mol. The Morgan fingerprint density at radius 1 is 1.15 bits per heavy atom. The highest BCUT2D eigenvalue weighted by atomic mass is 32.2. The van der Waals surface area contributed by atoms with Crippen LogP contribution in [0.1, 0.15) is 26.2 Å². The van der Waals surface area contributed by atoms with E-state index in [0.29, 0.717) is 25.8 Å². The van der Waals surface area contributed by atoms with Gasteiger partial charge in [-0.25, -0.2) is 18.0 Å². The van der Waals surface area contributed by atoms with E-state index in [1.165, 1.54) is 4.31 Å². The number of carbonyl (C=O) groups is 2. The van der Waals surface area contributed by atoms with E-state index in [9.17, 15) is 18.0 Å². The van der Waals surface area contributed by atoms with Gasteiger partial charge in [-0.15, -0.1) is 0 Å². The summed E-state index contributed by atoms with van der Waals surface area (Å²) in [6, 6.07) is 11.4. The van der Waals surface area contributed by atoms with Gasteiger partial charge in [-0.05, 0) is 55.5 Å². The van der Waals surface area contributed by atoms with Gasteiger partial charge in [0, 0.05) is 13.0 Å². The topological polar surface area (TPSA) is 124 Å². The van der Waals surface area contributed by atoms with Crippen LogP contribution in [0.4, 0.5) is 4.79 Å². The zero-order valence-corrected chi connectivity index (χ0v) is 20.8. The molecule has 8 nitrogen and oxygen atoms in total. The van der Waals surface area contributed by atoms with Crippen LogP contribution in [0.25, 0.3) is 10.8 Å². The van der Waals surface area contributed by atoms with Gasteiger partial charge in [0.2, 0.25) is 10.0 Å². The second-order valence-corrected chi connectivity index (χ2v) is 11.6. The zero-order chi connectivity index (χ0) is 24.2. The van der Waals surface area contributed by atoms with Crippen molar-refractivity contribution in [3.05, 3.63) is 42.5 Å². The van der Waals surface area contributed by atoms with Crippen molar-refractivity contribution in [2.45, 2.75) is 42.4 Å². The van der Waals surface area contributed by atoms with Gasteiger partial charge < -0.3 is 11.5 Å². The largest absolute Gasteiger partial charge is 0.421 e. The Labute approximate surface area is 199 Å². The number of nitrogens with two attached hydrogens (primary N) is 2. The van der Waals surface area contributed by atoms with Gasteiger partial charge in [-0.2, -0.15) is 20.6 Å². The lowest BCUT2D eigenvalue weighted by Crippen LogP contribution is -2.64. The number of amides is 3. The summed E-state index contributed by atoms with van der Waals surface area (Å²) in [4.78, 5) is 26.2. The van der Waals surface area contributed by atoms with Gasteiger partial charge in [-0.3, -0.25) is 0 Å². The van der Waals surface area contributed by atoms with Crippen molar-refractivity contribution in [2.24, 2.45) is 11.5 Å². The quantitative estimate of drug-likeness (QED) is 0.409. The number of quaternary nitrogens is 1. The van der Waals surface area contributed by atoms with E-state index in [-0.39, 0.29) is 29.3 Å². The molecule has 10 heteroatoms. The lowest BCUT2D eigenvalue weighted by molar-refractivity contribution is -0.783. The van der Waals surface area contributed by atoms with E-state index < -0.39 is 33.0 Å². The fourth-order valence-electron chi connectivity index (χ4n) is 4.56. The van der Waals surface area contributed by atoms with Crippen molar-refractivity contribution in [3.63, 3.8) is 0 Å². The fraction of sp³-hybridized carbons (Fsp3) is 0.478. The molecule has 0 spiro atoms. The van der Waals surface area contributed by atoms with E-state index in [0.717, 1.165) is 10.8 Å². The lowest BCUT2D eigenvalue weighted by atomic mass is 10.1. The maximum Gasteiger partial charge on any atom is 0.421 e. The number of benzene rings is 2. The first-order valence-electron chi connectivity index (χ1n) is 11.1. The highest BCUT2D eigenvalue weighted by molar-refractivity contribution is 7.99.